The maximum atomic E-state index is 12.4. The molecule has 2 aromatic heterocycles. The summed E-state index contributed by atoms with van der Waals surface area (Å²) in [5.41, 5.74) is 2.22. The van der Waals surface area contributed by atoms with Crippen LogP contribution in [0.15, 0.2) is 45.6 Å². The lowest BCUT2D eigenvalue weighted by Gasteiger charge is -2.18. The molecule has 0 saturated carbocycles. The van der Waals surface area contributed by atoms with Gasteiger partial charge in [0.05, 0.1) is 11.6 Å². The van der Waals surface area contributed by atoms with Crippen molar-refractivity contribution >= 4 is 27.8 Å². The fourth-order valence-corrected chi connectivity index (χ4v) is 3.14. The summed E-state index contributed by atoms with van der Waals surface area (Å²) in [7, 11) is 0. The number of nitrogens with zero attached hydrogens (tertiary/aromatic N) is 3. The van der Waals surface area contributed by atoms with E-state index in [0.717, 1.165) is 10.4 Å². The molecule has 0 N–H and O–H groups in total. The first kappa shape index (κ1) is 15.6. The van der Waals surface area contributed by atoms with Gasteiger partial charge in [0.2, 0.25) is 0 Å². The minimum atomic E-state index is -0.128. The molecule has 3 aromatic rings. The molecule has 5 heteroatoms. The first-order valence-corrected chi connectivity index (χ1v) is 8.36. The van der Waals surface area contributed by atoms with Crippen LogP contribution in [0.2, 0.25) is 0 Å². The van der Waals surface area contributed by atoms with Crippen molar-refractivity contribution < 1.29 is 0 Å². The second-order valence-electron chi connectivity index (χ2n) is 6.53. The van der Waals surface area contributed by atoms with E-state index in [2.05, 4.69) is 43.0 Å². The van der Waals surface area contributed by atoms with Crippen molar-refractivity contribution in [2.75, 3.05) is 0 Å². The molecule has 0 bridgehead atoms. The summed E-state index contributed by atoms with van der Waals surface area (Å²) in [4.78, 5) is 17.6. The van der Waals surface area contributed by atoms with E-state index >= 15 is 0 Å². The molecule has 118 valence electrons. The van der Waals surface area contributed by atoms with Crippen LogP contribution in [0.25, 0.3) is 10.2 Å². The zero-order valence-electron chi connectivity index (χ0n) is 13.7. The smallest absolute Gasteiger partial charge is 0.267 e. The van der Waals surface area contributed by atoms with Crippen LogP contribution in [0.3, 0.4) is 0 Å². The molecule has 0 aliphatic carbocycles. The van der Waals surface area contributed by atoms with Crippen molar-refractivity contribution in [3.63, 3.8) is 0 Å². The lowest BCUT2D eigenvalue weighted by molar-refractivity contribution is 0.590. The van der Waals surface area contributed by atoms with Gasteiger partial charge < -0.3 is 0 Å². The van der Waals surface area contributed by atoms with Gasteiger partial charge in [-0.15, -0.1) is 11.3 Å². The molecule has 4 nitrogen and oxygen atoms in total. The van der Waals surface area contributed by atoms with E-state index in [4.69, 9.17) is 0 Å². The lowest BCUT2D eigenvalue weighted by Crippen LogP contribution is -2.19. The Kier molecular flexibility index (Phi) is 3.90. The summed E-state index contributed by atoms with van der Waals surface area (Å²) >= 11 is 1.47. The van der Waals surface area contributed by atoms with E-state index in [-0.39, 0.29) is 11.0 Å². The molecule has 0 unspecified atom stereocenters. The van der Waals surface area contributed by atoms with Gasteiger partial charge >= 0.3 is 0 Å². The molecular weight excluding hydrogens is 306 g/mol. The first-order valence-electron chi connectivity index (χ1n) is 7.48. The Balaban J connectivity index is 1.95. The van der Waals surface area contributed by atoms with Gasteiger partial charge in [0.25, 0.3) is 5.56 Å². The highest BCUT2D eigenvalue weighted by atomic mass is 32.1. The highest BCUT2D eigenvalue weighted by molar-refractivity contribution is 7.16. The predicted molar refractivity (Wildman–Crippen MR) is 96.8 cm³/mol. The number of hydrogen-bond acceptors (Lipinski definition) is 4. The van der Waals surface area contributed by atoms with Gasteiger partial charge in [-0.25, -0.2) is 4.98 Å². The van der Waals surface area contributed by atoms with Crippen LogP contribution in [0.1, 0.15) is 37.7 Å². The molecule has 0 atom stereocenters. The number of aryl methyl sites for hydroxylation is 1. The van der Waals surface area contributed by atoms with E-state index < -0.39 is 0 Å². The number of thiophene rings is 1. The quantitative estimate of drug-likeness (QED) is 0.670. The average molecular weight is 325 g/mol. The standard InChI is InChI=1S/C18H19N3OS/c1-12-20-16-15(9-10-23-16)17(22)21(12)19-11-13-5-7-14(8-6-13)18(2,3)4/h5-11H,1-4H3/b19-11-. The Morgan fingerprint density at radius 2 is 1.87 bits per heavy atom. The molecule has 0 aliphatic rings. The SMILES string of the molecule is Cc1nc2sccc2c(=O)n1/N=C\c1ccc(C(C)(C)C)cc1. The van der Waals surface area contributed by atoms with Gasteiger partial charge in [0, 0.05) is 0 Å². The molecule has 3 rings (SSSR count). The zero-order chi connectivity index (χ0) is 16.6. The second kappa shape index (κ2) is 5.74. The number of rotatable bonds is 2. The van der Waals surface area contributed by atoms with Crippen LogP contribution < -0.4 is 5.56 Å². The summed E-state index contributed by atoms with van der Waals surface area (Å²) in [6.45, 7) is 8.34. The Morgan fingerprint density at radius 3 is 2.52 bits per heavy atom. The highest BCUT2D eigenvalue weighted by Crippen LogP contribution is 2.21. The van der Waals surface area contributed by atoms with Crippen molar-refractivity contribution in [1.82, 2.24) is 9.66 Å². The Bertz CT molecular complexity index is 928. The lowest BCUT2D eigenvalue weighted by atomic mass is 9.87. The Labute approximate surface area is 139 Å². The van der Waals surface area contributed by atoms with Crippen molar-refractivity contribution in [3.8, 4) is 0 Å². The summed E-state index contributed by atoms with van der Waals surface area (Å²) < 4.78 is 1.35. The third-order valence-electron chi connectivity index (χ3n) is 3.74. The van der Waals surface area contributed by atoms with Gasteiger partial charge in [-0.05, 0) is 34.9 Å². The molecule has 0 fully saturated rings. The molecule has 23 heavy (non-hydrogen) atoms. The van der Waals surface area contributed by atoms with Crippen LogP contribution in [-0.4, -0.2) is 15.9 Å². The monoisotopic (exact) mass is 325 g/mol. The van der Waals surface area contributed by atoms with Gasteiger partial charge in [0.15, 0.2) is 0 Å². The van der Waals surface area contributed by atoms with Gasteiger partial charge in [0.1, 0.15) is 10.7 Å². The zero-order valence-corrected chi connectivity index (χ0v) is 14.5. The van der Waals surface area contributed by atoms with Crippen LogP contribution in [0, 0.1) is 6.92 Å². The molecule has 0 saturated heterocycles. The number of aromatic nitrogens is 2. The van der Waals surface area contributed by atoms with E-state index in [9.17, 15) is 4.79 Å². The maximum absolute atomic E-state index is 12.4. The van der Waals surface area contributed by atoms with Crippen molar-refractivity contribution in [2.45, 2.75) is 33.1 Å². The van der Waals surface area contributed by atoms with Crippen molar-refractivity contribution in [2.24, 2.45) is 5.10 Å². The number of benzene rings is 1. The Morgan fingerprint density at radius 1 is 1.17 bits per heavy atom. The summed E-state index contributed by atoms with van der Waals surface area (Å²) in [6.07, 6.45) is 1.70. The van der Waals surface area contributed by atoms with Crippen molar-refractivity contribution in [3.05, 3.63) is 63.0 Å². The molecular formula is C18H19N3OS. The highest BCUT2D eigenvalue weighted by Gasteiger charge is 2.12. The summed E-state index contributed by atoms with van der Waals surface area (Å²) in [5, 5.41) is 6.80. The number of hydrogen-bond donors (Lipinski definition) is 0. The summed E-state index contributed by atoms with van der Waals surface area (Å²) in [6, 6.07) is 10.0. The fourth-order valence-electron chi connectivity index (χ4n) is 2.34. The average Bonchev–Trinajstić information content (AvgIpc) is 2.95. The van der Waals surface area contributed by atoms with Crippen LogP contribution in [-0.2, 0) is 5.41 Å². The molecule has 0 amide bonds. The van der Waals surface area contributed by atoms with E-state index in [0.29, 0.717) is 11.2 Å². The molecule has 0 aliphatic heterocycles. The topological polar surface area (TPSA) is 47.2 Å². The van der Waals surface area contributed by atoms with E-state index in [1.165, 1.54) is 21.6 Å². The fraction of sp³-hybridized carbons (Fsp3) is 0.278. The number of fused-ring (bicyclic) bond motifs is 1. The van der Waals surface area contributed by atoms with Crippen molar-refractivity contribution in [1.29, 1.82) is 0 Å². The molecule has 2 heterocycles. The van der Waals surface area contributed by atoms with E-state index in [1.54, 1.807) is 19.2 Å². The largest absolute Gasteiger partial charge is 0.282 e. The normalized spacial score (nSPS) is 12.3. The first-order chi connectivity index (χ1) is 10.9. The minimum absolute atomic E-state index is 0.122. The third kappa shape index (κ3) is 3.10. The van der Waals surface area contributed by atoms with Gasteiger partial charge in [-0.2, -0.15) is 9.78 Å². The van der Waals surface area contributed by atoms with Crippen LogP contribution in [0.5, 0.6) is 0 Å². The molecule has 0 radical (unpaired) electrons. The molecule has 1 aromatic carbocycles. The van der Waals surface area contributed by atoms with E-state index in [1.807, 2.05) is 17.5 Å². The maximum Gasteiger partial charge on any atom is 0.282 e. The third-order valence-corrected chi connectivity index (χ3v) is 4.54. The minimum Gasteiger partial charge on any atom is -0.267 e. The predicted octanol–water partition coefficient (Wildman–Crippen LogP) is 3.95. The van der Waals surface area contributed by atoms with Gasteiger partial charge in [-0.3, -0.25) is 4.79 Å². The van der Waals surface area contributed by atoms with Crippen LogP contribution >= 0.6 is 11.3 Å². The summed E-state index contributed by atoms with van der Waals surface area (Å²) in [5.74, 6) is 0.590. The second-order valence-corrected chi connectivity index (χ2v) is 7.43. The Hall–Kier alpha value is -2.27. The molecule has 0 spiro atoms. The van der Waals surface area contributed by atoms with Gasteiger partial charge in [-0.1, -0.05) is 45.0 Å². The van der Waals surface area contributed by atoms with Crippen LogP contribution in [0.4, 0.5) is 0 Å².